The summed E-state index contributed by atoms with van der Waals surface area (Å²) < 4.78 is 10.5. The minimum Gasteiger partial charge on any atom is -0.496 e. The van der Waals surface area contributed by atoms with Crippen LogP contribution in [-0.4, -0.2) is 17.3 Å². The Balaban J connectivity index is 2.10. The maximum Gasteiger partial charge on any atom is 0.240 e. The molecule has 2 N–H and O–H groups in total. The first kappa shape index (κ1) is 11.2. The number of aromatic nitrogens is 2. The second kappa shape index (κ2) is 4.42. The third kappa shape index (κ3) is 1.67. The van der Waals surface area contributed by atoms with Gasteiger partial charge in [0.1, 0.15) is 5.75 Å². The van der Waals surface area contributed by atoms with Crippen LogP contribution < -0.4 is 10.5 Å². The van der Waals surface area contributed by atoms with Crippen LogP contribution in [0, 0.1) is 0 Å². The van der Waals surface area contributed by atoms with Crippen LogP contribution >= 0.6 is 0 Å². The lowest BCUT2D eigenvalue weighted by atomic mass is 10.0. The van der Waals surface area contributed by atoms with Gasteiger partial charge in [-0.2, -0.15) is 4.98 Å². The fraction of sp³-hybridized carbons (Fsp3) is 0.385. The SMILES string of the molecule is COc1ccc(-c2noc(CN)n2)c2c1CCC2. The van der Waals surface area contributed by atoms with E-state index in [9.17, 15) is 0 Å². The van der Waals surface area contributed by atoms with Crippen molar-refractivity contribution >= 4 is 0 Å². The van der Waals surface area contributed by atoms with Crippen molar-refractivity contribution in [3.63, 3.8) is 0 Å². The highest BCUT2D eigenvalue weighted by Crippen LogP contribution is 2.36. The van der Waals surface area contributed by atoms with Crippen LogP contribution in [-0.2, 0) is 19.4 Å². The Morgan fingerprint density at radius 3 is 2.89 bits per heavy atom. The molecule has 0 atom stereocenters. The van der Waals surface area contributed by atoms with Gasteiger partial charge < -0.3 is 15.0 Å². The van der Waals surface area contributed by atoms with Crippen molar-refractivity contribution in [1.29, 1.82) is 0 Å². The summed E-state index contributed by atoms with van der Waals surface area (Å²) in [5, 5.41) is 3.98. The molecule has 1 aromatic heterocycles. The zero-order chi connectivity index (χ0) is 12.5. The molecule has 1 heterocycles. The molecule has 5 heteroatoms. The summed E-state index contributed by atoms with van der Waals surface area (Å²) in [5.41, 5.74) is 9.07. The zero-order valence-electron chi connectivity index (χ0n) is 10.3. The highest BCUT2D eigenvalue weighted by atomic mass is 16.5. The smallest absolute Gasteiger partial charge is 0.240 e. The molecule has 1 aliphatic carbocycles. The molecular weight excluding hydrogens is 230 g/mol. The molecule has 0 fully saturated rings. The van der Waals surface area contributed by atoms with Gasteiger partial charge in [-0.1, -0.05) is 5.16 Å². The van der Waals surface area contributed by atoms with Gasteiger partial charge in [0.2, 0.25) is 11.7 Å². The number of nitrogens with zero attached hydrogens (tertiary/aromatic N) is 2. The van der Waals surface area contributed by atoms with Gasteiger partial charge in [0, 0.05) is 5.56 Å². The average molecular weight is 245 g/mol. The Bertz CT molecular complexity index is 578. The quantitative estimate of drug-likeness (QED) is 0.890. The summed E-state index contributed by atoms with van der Waals surface area (Å²) in [5.74, 6) is 2.04. The molecule has 0 unspecified atom stereocenters. The average Bonchev–Trinajstić information content (AvgIpc) is 3.06. The first-order valence-corrected chi connectivity index (χ1v) is 6.05. The van der Waals surface area contributed by atoms with Crippen LogP contribution in [0.1, 0.15) is 23.4 Å². The second-order valence-corrected chi connectivity index (χ2v) is 4.34. The summed E-state index contributed by atoms with van der Waals surface area (Å²) >= 11 is 0. The molecule has 0 spiro atoms. The van der Waals surface area contributed by atoms with Crippen molar-refractivity contribution in [2.24, 2.45) is 5.73 Å². The Morgan fingerprint density at radius 2 is 2.17 bits per heavy atom. The molecule has 2 aromatic rings. The molecule has 0 radical (unpaired) electrons. The lowest BCUT2D eigenvalue weighted by Crippen LogP contribution is -1.97. The van der Waals surface area contributed by atoms with Crippen molar-refractivity contribution < 1.29 is 9.26 Å². The Hall–Kier alpha value is -1.88. The van der Waals surface area contributed by atoms with E-state index >= 15 is 0 Å². The third-order valence-electron chi connectivity index (χ3n) is 3.35. The van der Waals surface area contributed by atoms with Crippen LogP contribution in [0.5, 0.6) is 5.75 Å². The molecule has 94 valence electrons. The number of rotatable bonds is 3. The van der Waals surface area contributed by atoms with Crippen LogP contribution in [0.2, 0.25) is 0 Å². The zero-order valence-corrected chi connectivity index (χ0v) is 10.3. The standard InChI is InChI=1S/C13H15N3O2/c1-17-11-6-5-10(8-3-2-4-9(8)11)13-15-12(7-14)18-16-13/h5-6H,2-4,7,14H2,1H3. The highest BCUT2D eigenvalue weighted by Gasteiger charge is 2.22. The molecule has 0 saturated carbocycles. The summed E-state index contributed by atoms with van der Waals surface area (Å²) in [4.78, 5) is 4.29. The van der Waals surface area contributed by atoms with Crippen molar-refractivity contribution in [1.82, 2.24) is 10.1 Å². The summed E-state index contributed by atoms with van der Waals surface area (Å²) in [6, 6.07) is 3.96. The minimum atomic E-state index is 0.269. The maximum absolute atomic E-state index is 5.48. The predicted molar refractivity (Wildman–Crippen MR) is 66.2 cm³/mol. The molecular formula is C13H15N3O2. The molecule has 18 heavy (non-hydrogen) atoms. The van der Waals surface area contributed by atoms with Crippen molar-refractivity contribution in [3.8, 4) is 17.1 Å². The Kier molecular flexibility index (Phi) is 2.76. The van der Waals surface area contributed by atoms with E-state index in [0.29, 0.717) is 11.7 Å². The summed E-state index contributed by atoms with van der Waals surface area (Å²) in [6.07, 6.45) is 3.23. The number of hydrogen-bond acceptors (Lipinski definition) is 5. The number of hydrogen-bond donors (Lipinski definition) is 1. The van der Waals surface area contributed by atoms with Crippen LogP contribution in [0.4, 0.5) is 0 Å². The van der Waals surface area contributed by atoms with Gasteiger partial charge in [0.15, 0.2) is 0 Å². The van der Waals surface area contributed by atoms with Gasteiger partial charge in [-0.05, 0) is 42.5 Å². The maximum atomic E-state index is 5.48. The van der Waals surface area contributed by atoms with E-state index in [4.69, 9.17) is 15.0 Å². The van der Waals surface area contributed by atoms with Gasteiger partial charge >= 0.3 is 0 Å². The summed E-state index contributed by atoms with van der Waals surface area (Å²) in [7, 11) is 1.70. The number of benzene rings is 1. The molecule has 3 rings (SSSR count). The highest BCUT2D eigenvalue weighted by molar-refractivity contribution is 5.66. The lowest BCUT2D eigenvalue weighted by molar-refractivity contribution is 0.380. The fourth-order valence-corrected chi connectivity index (χ4v) is 2.52. The largest absolute Gasteiger partial charge is 0.496 e. The molecule has 0 amide bonds. The van der Waals surface area contributed by atoms with E-state index in [1.165, 1.54) is 11.1 Å². The lowest BCUT2D eigenvalue weighted by Gasteiger charge is -2.09. The summed E-state index contributed by atoms with van der Waals surface area (Å²) in [6.45, 7) is 0.269. The number of methoxy groups -OCH3 is 1. The van der Waals surface area contributed by atoms with Gasteiger partial charge in [0.25, 0.3) is 0 Å². The minimum absolute atomic E-state index is 0.269. The van der Waals surface area contributed by atoms with Gasteiger partial charge in [0.05, 0.1) is 13.7 Å². The van der Waals surface area contributed by atoms with Crippen molar-refractivity contribution in [3.05, 3.63) is 29.2 Å². The Labute approximate surface area is 105 Å². The monoisotopic (exact) mass is 245 g/mol. The van der Waals surface area contributed by atoms with Crippen molar-refractivity contribution in [2.45, 2.75) is 25.8 Å². The topological polar surface area (TPSA) is 74.2 Å². The molecule has 1 aliphatic rings. The van der Waals surface area contributed by atoms with Crippen LogP contribution in [0.15, 0.2) is 16.7 Å². The van der Waals surface area contributed by atoms with Gasteiger partial charge in [-0.15, -0.1) is 0 Å². The molecule has 1 aromatic carbocycles. The Morgan fingerprint density at radius 1 is 1.33 bits per heavy atom. The van der Waals surface area contributed by atoms with Gasteiger partial charge in [-0.25, -0.2) is 0 Å². The molecule has 0 bridgehead atoms. The second-order valence-electron chi connectivity index (χ2n) is 4.34. The molecule has 0 aliphatic heterocycles. The number of fused-ring (bicyclic) bond motifs is 1. The fourth-order valence-electron chi connectivity index (χ4n) is 2.52. The molecule has 0 saturated heterocycles. The number of ether oxygens (including phenoxy) is 1. The normalized spacial score (nSPS) is 13.7. The van der Waals surface area contributed by atoms with Crippen LogP contribution in [0.25, 0.3) is 11.4 Å². The van der Waals surface area contributed by atoms with E-state index in [-0.39, 0.29) is 6.54 Å². The first-order valence-electron chi connectivity index (χ1n) is 6.05. The number of nitrogens with two attached hydrogens (primary N) is 1. The van der Waals surface area contributed by atoms with Crippen LogP contribution in [0.3, 0.4) is 0 Å². The van der Waals surface area contributed by atoms with E-state index in [1.807, 2.05) is 12.1 Å². The first-order chi connectivity index (χ1) is 8.83. The molecule has 5 nitrogen and oxygen atoms in total. The van der Waals surface area contributed by atoms with Gasteiger partial charge in [-0.3, -0.25) is 0 Å². The van der Waals surface area contributed by atoms with Crippen molar-refractivity contribution in [2.75, 3.05) is 7.11 Å². The third-order valence-corrected chi connectivity index (χ3v) is 3.35. The van der Waals surface area contributed by atoms with E-state index in [0.717, 1.165) is 30.6 Å². The van der Waals surface area contributed by atoms with E-state index in [1.54, 1.807) is 7.11 Å². The van der Waals surface area contributed by atoms with E-state index < -0.39 is 0 Å². The predicted octanol–water partition coefficient (Wildman–Crippen LogP) is 1.69. The van der Waals surface area contributed by atoms with E-state index in [2.05, 4.69) is 10.1 Å².